The predicted molar refractivity (Wildman–Crippen MR) is 69.6 cm³/mol. The second kappa shape index (κ2) is 4.42. The molecule has 0 heterocycles. The van der Waals surface area contributed by atoms with E-state index in [1.807, 2.05) is 24.3 Å². The fourth-order valence-corrected chi connectivity index (χ4v) is 4.08. The quantitative estimate of drug-likeness (QED) is 0.887. The summed E-state index contributed by atoms with van der Waals surface area (Å²) in [6.07, 6.45) is 4.39. The van der Waals surface area contributed by atoms with Gasteiger partial charge in [-0.15, -0.1) is 0 Å². The largest absolute Gasteiger partial charge is 0.326 e. The van der Waals surface area contributed by atoms with Crippen molar-refractivity contribution in [2.24, 2.45) is 5.73 Å². The molecule has 0 unspecified atom stereocenters. The molecule has 0 atom stereocenters. The first-order chi connectivity index (χ1) is 7.95. The normalized spacial score (nSPS) is 18.7. The summed E-state index contributed by atoms with van der Waals surface area (Å²) in [5.74, 6) is 0.266. The maximum absolute atomic E-state index is 11.5. The lowest BCUT2D eigenvalue weighted by Gasteiger charge is -2.42. The zero-order chi connectivity index (χ0) is 12.5. The maximum atomic E-state index is 11.5. The van der Waals surface area contributed by atoms with E-state index in [-0.39, 0.29) is 11.2 Å². The van der Waals surface area contributed by atoms with Crippen LogP contribution in [0.5, 0.6) is 0 Å². The highest BCUT2D eigenvalue weighted by molar-refractivity contribution is 7.90. The topological polar surface area (TPSA) is 60.2 Å². The van der Waals surface area contributed by atoms with Crippen LogP contribution < -0.4 is 5.73 Å². The van der Waals surface area contributed by atoms with E-state index < -0.39 is 9.84 Å². The molecule has 0 aromatic heterocycles. The molecule has 1 aromatic rings. The fraction of sp³-hybridized carbons (Fsp3) is 0.538. The van der Waals surface area contributed by atoms with E-state index in [0.29, 0.717) is 6.54 Å². The monoisotopic (exact) mass is 253 g/mol. The summed E-state index contributed by atoms with van der Waals surface area (Å²) in [5.41, 5.74) is 7.65. The highest BCUT2D eigenvalue weighted by Gasteiger charge is 2.41. The van der Waals surface area contributed by atoms with Crippen LogP contribution in [-0.4, -0.2) is 20.4 Å². The molecule has 1 aliphatic rings. The van der Waals surface area contributed by atoms with E-state index in [4.69, 9.17) is 5.73 Å². The second-order valence-corrected chi connectivity index (χ2v) is 7.25. The van der Waals surface area contributed by atoms with Crippen molar-refractivity contribution in [1.29, 1.82) is 0 Å². The minimum atomic E-state index is -2.93. The molecule has 2 N–H and O–H groups in total. The third kappa shape index (κ3) is 2.69. The van der Waals surface area contributed by atoms with E-state index in [1.165, 1.54) is 6.26 Å². The number of benzene rings is 1. The zero-order valence-electron chi connectivity index (χ0n) is 10.1. The van der Waals surface area contributed by atoms with Crippen molar-refractivity contribution in [3.63, 3.8) is 0 Å². The minimum Gasteiger partial charge on any atom is -0.326 e. The van der Waals surface area contributed by atoms with Crippen LogP contribution in [0.1, 0.15) is 30.4 Å². The number of hydrogen-bond acceptors (Lipinski definition) is 3. The van der Waals surface area contributed by atoms with Gasteiger partial charge in [0.25, 0.3) is 0 Å². The molecule has 0 bridgehead atoms. The summed E-state index contributed by atoms with van der Waals surface area (Å²) in [5, 5.41) is 0. The molecule has 0 saturated heterocycles. The first-order valence-corrected chi connectivity index (χ1v) is 7.98. The average molecular weight is 253 g/mol. The Morgan fingerprint density at radius 3 is 2.18 bits per heavy atom. The lowest BCUT2D eigenvalue weighted by Crippen LogP contribution is -2.40. The summed E-state index contributed by atoms with van der Waals surface area (Å²) in [4.78, 5) is 0. The molecular weight excluding hydrogens is 234 g/mol. The molecule has 17 heavy (non-hydrogen) atoms. The van der Waals surface area contributed by atoms with Crippen molar-refractivity contribution in [3.8, 4) is 0 Å². The van der Waals surface area contributed by atoms with Gasteiger partial charge in [-0.2, -0.15) is 0 Å². The van der Waals surface area contributed by atoms with E-state index >= 15 is 0 Å². The number of nitrogens with two attached hydrogens (primary N) is 1. The molecule has 4 heteroatoms. The van der Waals surface area contributed by atoms with Crippen LogP contribution >= 0.6 is 0 Å². The number of hydrogen-bond donors (Lipinski definition) is 1. The van der Waals surface area contributed by atoms with Crippen molar-refractivity contribution >= 4 is 9.84 Å². The SMILES string of the molecule is CS(=O)(=O)CC1(c2ccc(CN)cc2)CCC1. The van der Waals surface area contributed by atoms with Crippen LogP contribution in [0.15, 0.2) is 24.3 Å². The molecule has 0 aliphatic heterocycles. The smallest absolute Gasteiger partial charge is 0.148 e. The van der Waals surface area contributed by atoms with Gasteiger partial charge in [0, 0.05) is 18.2 Å². The Hall–Kier alpha value is -0.870. The van der Waals surface area contributed by atoms with E-state index in [0.717, 1.165) is 30.4 Å². The summed E-state index contributed by atoms with van der Waals surface area (Å²) < 4.78 is 23.0. The van der Waals surface area contributed by atoms with Crippen molar-refractivity contribution in [3.05, 3.63) is 35.4 Å². The van der Waals surface area contributed by atoms with Gasteiger partial charge in [-0.25, -0.2) is 8.42 Å². The van der Waals surface area contributed by atoms with E-state index in [9.17, 15) is 8.42 Å². The molecule has 1 aliphatic carbocycles. The summed E-state index contributed by atoms with van der Waals surface area (Å²) in [6.45, 7) is 0.527. The van der Waals surface area contributed by atoms with Gasteiger partial charge in [0.15, 0.2) is 0 Å². The number of rotatable bonds is 4. The Bertz CT molecular complexity index is 487. The summed E-state index contributed by atoms with van der Waals surface area (Å²) in [6, 6.07) is 8.06. The standard InChI is InChI=1S/C13H19NO2S/c1-17(15,16)10-13(7-2-8-13)12-5-3-11(9-14)4-6-12/h3-6H,2,7-10,14H2,1H3. The molecule has 94 valence electrons. The van der Waals surface area contributed by atoms with Crippen LogP contribution in [0.4, 0.5) is 0 Å². The molecule has 3 nitrogen and oxygen atoms in total. The van der Waals surface area contributed by atoms with Gasteiger partial charge in [0.1, 0.15) is 9.84 Å². The molecule has 0 spiro atoms. The first kappa shape index (κ1) is 12.6. The third-order valence-corrected chi connectivity index (χ3v) is 4.73. The molecule has 2 rings (SSSR count). The van der Waals surface area contributed by atoms with Crippen LogP contribution in [0.3, 0.4) is 0 Å². The third-order valence-electron chi connectivity index (χ3n) is 3.65. The second-order valence-electron chi connectivity index (χ2n) is 5.11. The Labute approximate surface area is 103 Å². The highest BCUT2D eigenvalue weighted by Crippen LogP contribution is 2.44. The molecule has 1 aromatic carbocycles. The fourth-order valence-electron chi connectivity index (χ4n) is 2.62. The molecule has 1 saturated carbocycles. The van der Waals surface area contributed by atoms with Gasteiger partial charge in [0.2, 0.25) is 0 Å². The lowest BCUT2D eigenvalue weighted by molar-refractivity contribution is 0.274. The average Bonchev–Trinajstić information content (AvgIpc) is 2.23. The Morgan fingerprint density at radius 1 is 1.24 bits per heavy atom. The van der Waals surface area contributed by atoms with Gasteiger partial charge in [-0.3, -0.25) is 0 Å². The van der Waals surface area contributed by atoms with Crippen LogP contribution in [-0.2, 0) is 21.8 Å². The van der Waals surface area contributed by atoms with Crippen LogP contribution in [0.25, 0.3) is 0 Å². The Kier molecular flexibility index (Phi) is 3.27. The van der Waals surface area contributed by atoms with Crippen LogP contribution in [0, 0.1) is 0 Å². The van der Waals surface area contributed by atoms with Crippen molar-refractivity contribution < 1.29 is 8.42 Å². The van der Waals surface area contributed by atoms with Gasteiger partial charge in [0.05, 0.1) is 5.75 Å². The summed E-state index contributed by atoms with van der Waals surface area (Å²) in [7, 11) is -2.93. The highest BCUT2D eigenvalue weighted by atomic mass is 32.2. The van der Waals surface area contributed by atoms with Crippen LogP contribution in [0.2, 0.25) is 0 Å². The molecular formula is C13H19NO2S. The zero-order valence-corrected chi connectivity index (χ0v) is 11.0. The lowest BCUT2D eigenvalue weighted by atomic mass is 9.66. The first-order valence-electron chi connectivity index (χ1n) is 5.92. The molecule has 0 amide bonds. The maximum Gasteiger partial charge on any atom is 0.148 e. The van der Waals surface area contributed by atoms with Crippen molar-refractivity contribution in [2.75, 3.05) is 12.0 Å². The van der Waals surface area contributed by atoms with E-state index in [1.54, 1.807) is 0 Å². The molecule has 1 fully saturated rings. The van der Waals surface area contributed by atoms with Gasteiger partial charge in [-0.1, -0.05) is 30.7 Å². The minimum absolute atomic E-state index is 0.138. The van der Waals surface area contributed by atoms with Gasteiger partial charge >= 0.3 is 0 Å². The number of sulfone groups is 1. The Balaban J connectivity index is 2.28. The molecule has 0 radical (unpaired) electrons. The van der Waals surface area contributed by atoms with Crippen molar-refractivity contribution in [1.82, 2.24) is 0 Å². The van der Waals surface area contributed by atoms with Gasteiger partial charge < -0.3 is 5.73 Å². The predicted octanol–water partition coefficient (Wildman–Crippen LogP) is 1.61. The van der Waals surface area contributed by atoms with E-state index in [2.05, 4.69) is 0 Å². The Morgan fingerprint density at radius 2 is 1.82 bits per heavy atom. The van der Waals surface area contributed by atoms with Crippen molar-refractivity contribution in [2.45, 2.75) is 31.2 Å². The van der Waals surface area contributed by atoms with Gasteiger partial charge in [-0.05, 0) is 24.0 Å². The summed E-state index contributed by atoms with van der Waals surface area (Å²) >= 11 is 0.